The maximum Gasteiger partial charge on any atom is 0.256 e. The van der Waals surface area contributed by atoms with Crippen molar-refractivity contribution in [3.8, 4) is 0 Å². The zero-order valence-corrected chi connectivity index (χ0v) is 11.2. The second-order valence-electron chi connectivity index (χ2n) is 5.15. The topological polar surface area (TPSA) is 46.3 Å². The van der Waals surface area contributed by atoms with Gasteiger partial charge in [-0.05, 0) is 25.0 Å². The van der Waals surface area contributed by atoms with E-state index in [1.165, 1.54) is 11.9 Å². The van der Waals surface area contributed by atoms with Gasteiger partial charge in [0, 0.05) is 19.1 Å². The van der Waals surface area contributed by atoms with Crippen molar-refractivity contribution in [1.29, 1.82) is 0 Å². The molecule has 2 atom stereocenters. The van der Waals surface area contributed by atoms with Crippen molar-refractivity contribution >= 4 is 5.91 Å². The van der Waals surface area contributed by atoms with Crippen molar-refractivity contribution in [2.45, 2.75) is 37.8 Å². The lowest BCUT2D eigenvalue weighted by atomic mass is 9.90. The molecule has 1 aliphatic carbocycles. The van der Waals surface area contributed by atoms with Gasteiger partial charge in [0.05, 0.1) is 5.56 Å². The molecule has 1 amide bonds. The highest BCUT2D eigenvalue weighted by molar-refractivity contribution is 5.94. The van der Waals surface area contributed by atoms with Gasteiger partial charge in [0.25, 0.3) is 5.91 Å². The molecule has 110 valence electrons. The molecule has 0 saturated heterocycles. The molecule has 20 heavy (non-hydrogen) atoms. The van der Waals surface area contributed by atoms with Crippen LogP contribution in [0.1, 0.15) is 36.0 Å². The number of benzene rings is 1. The standard InChI is InChI=1S/C14H17F3N2O/c1-19(11-5-3-2-4-10(11)18)14(20)8-6-7-9(15)13(17)12(8)16/h6-7,10-11H,2-5,18H2,1H3. The first-order valence-corrected chi connectivity index (χ1v) is 6.59. The molecule has 0 bridgehead atoms. The Morgan fingerprint density at radius 3 is 2.50 bits per heavy atom. The molecular formula is C14H17F3N2O. The molecular weight excluding hydrogens is 269 g/mol. The number of hydrogen-bond donors (Lipinski definition) is 1. The molecule has 2 N–H and O–H groups in total. The summed E-state index contributed by atoms with van der Waals surface area (Å²) in [6.45, 7) is 0. The fourth-order valence-corrected chi connectivity index (χ4v) is 2.65. The van der Waals surface area contributed by atoms with Crippen molar-refractivity contribution in [3.63, 3.8) is 0 Å². The Kier molecular flexibility index (Phi) is 4.32. The summed E-state index contributed by atoms with van der Waals surface area (Å²) in [5, 5.41) is 0. The number of halogens is 3. The van der Waals surface area contributed by atoms with E-state index in [-0.39, 0.29) is 12.1 Å². The molecule has 1 aliphatic rings. The molecule has 2 rings (SSSR count). The van der Waals surface area contributed by atoms with Gasteiger partial charge in [-0.1, -0.05) is 12.8 Å². The molecule has 1 aromatic carbocycles. The predicted molar refractivity (Wildman–Crippen MR) is 68.6 cm³/mol. The molecule has 1 fully saturated rings. The number of carbonyl (C=O) groups excluding carboxylic acids is 1. The van der Waals surface area contributed by atoms with Crippen molar-refractivity contribution in [1.82, 2.24) is 4.90 Å². The summed E-state index contributed by atoms with van der Waals surface area (Å²) >= 11 is 0. The summed E-state index contributed by atoms with van der Waals surface area (Å²) in [6, 6.07) is 1.33. The highest BCUT2D eigenvalue weighted by atomic mass is 19.2. The average Bonchev–Trinajstić information content (AvgIpc) is 2.44. The molecule has 6 heteroatoms. The van der Waals surface area contributed by atoms with Gasteiger partial charge >= 0.3 is 0 Å². The van der Waals surface area contributed by atoms with Crippen LogP contribution < -0.4 is 5.73 Å². The maximum atomic E-state index is 13.6. The first-order valence-electron chi connectivity index (χ1n) is 6.59. The fourth-order valence-electron chi connectivity index (χ4n) is 2.65. The van der Waals surface area contributed by atoms with E-state index in [1.54, 1.807) is 0 Å². The number of rotatable bonds is 2. The largest absolute Gasteiger partial charge is 0.337 e. The first-order chi connectivity index (χ1) is 9.43. The van der Waals surface area contributed by atoms with Crippen molar-refractivity contribution in [3.05, 3.63) is 35.1 Å². The Balaban J connectivity index is 2.24. The van der Waals surface area contributed by atoms with E-state index in [1.807, 2.05) is 0 Å². The highest BCUT2D eigenvalue weighted by Gasteiger charge is 2.30. The fraction of sp³-hybridized carbons (Fsp3) is 0.500. The zero-order chi connectivity index (χ0) is 14.9. The summed E-state index contributed by atoms with van der Waals surface area (Å²) in [6.07, 6.45) is 3.47. The Morgan fingerprint density at radius 1 is 1.20 bits per heavy atom. The smallest absolute Gasteiger partial charge is 0.256 e. The third kappa shape index (κ3) is 2.65. The van der Waals surface area contributed by atoms with Crippen LogP contribution >= 0.6 is 0 Å². The second-order valence-corrected chi connectivity index (χ2v) is 5.15. The number of nitrogens with two attached hydrogens (primary N) is 1. The predicted octanol–water partition coefficient (Wildman–Crippen LogP) is 2.45. The number of hydrogen-bond acceptors (Lipinski definition) is 2. The van der Waals surface area contributed by atoms with Gasteiger partial charge in [-0.25, -0.2) is 13.2 Å². The Morgan fingerprint density at radius 2 is 1.85 bits per heavy atom. The van der Waals surface area contributed by atoms with Crippen molar-refractivity contribution in [2.75, 3.05) is 7.05 Å². The summed E-state index contributed by atoms with van der Waals surface area (Å²) in [7, 11) is 1.51. The van der Waals surface area contributed by atoms with Crippen LogP contribution in [0.2, 0.25) is 0 Å². The van der Waals surface area contributed by atoms with Crippen LogP contribution in [0, 0.1) is 17.5 Å². The Labute approximate surface area is 115 Å². The molecule has 1 aromatic rings. The van der Waals surface area contributed by atoms with E-state index in [9.17, 15) is 18.0 Å². The number of carbonyl (C=O) groups is 1. The normalized spacial score (nSPS) is 22.6. The Hall–Kier alpha value is -1.56. The van der Waals surface area contributed by atoms with E-state index in [0.29, 0.717) is 0 Å². The van der Waals surface area contributed by atoms with Gasteiger partial charge in [-0.3, -0.25) is 4.79 Å². The number of nitrogens with zero attached hydrogens (tertiary/aromatic N) is 1. The molecule has 1 saturated carbocycles. The lowest BCUT2D eigenvalue weighted by Crippen LogP contribution is -2.50. The molecule has 0 aliphatic heterocycles. The van der Waals surface area contributed by atoms with Gasteiger partial charge < -0.3 is 10.6 Å². The van der Waals surface area contributed by atoms with Crippen LogP contribution in [-0.2, 0) is 0 Å². The SMILES string of the molecule is CN(C(=O)c1ccc(F)c(F)c1F)C1CCCCC1N. The van der Waals surface area contributed by atoms with Gasteiger partial charge in [0.2, 0.25) is 0 Å². The third-order valence-corrected chi connectivity index (χ3v) is 3.86. The molecule has 0 aromatic heterocycles. The molecule has 3 nitrogen and oxygen atoms in total. The van der Waals surface area contributed by atoms with Crippen molar-refractivity contribution in [2.24, 2.45) is 5.73 Å². The summed E-state index contributed by atoms with van der Waals surface area (Å²) in [5.74, 6) is -5.07. The van der Waals surface area contributed by atoms with Gasteiger partial charge in [0.15, 0.2) is 17.5 Å². The van der Waals surface area contributed by atoms with E-state index in [4.69, 9.17) is 5.73 Å². The third-order valence-electron chi connectivity index (χ3n) is 3.86. The van der Waals surface area contributed by atoms with E-state index in [2.05, 4.69) is 0 Å². The molecule has 0 spiro atoms. The van der Waals surface area contributed by atoms with E-state index >= 15 is 0 Å². The lowest BCUT2D eigenvalue weighted by molar-refractivity contribution is 0.0666. The van der Waals surface area contributed by atoms with Crippen LogP contribution in [0.3, 0.4) is 0 Å². The van der Waals surface area contributed by atoms with Crippen LogP contribution in [-0.4, -0.2) is 29.9 Å². The lowest BCUT2D eigenvalue weighted by Gasteiger charge is -2.36. The number of likely N-dealkylation sites (N-methyl/N-ethyl adjacent to an activating group) is 1. The van der Waals surface area contributed by atoms with Gasteiger partial charge in [-0.15, -0.1) is 0 Å². The van der Waals surface area contributed by atoms with Crippen LogP contribution in [0.5, 0.6) is 0 Å². The van der Waals surface area contributed by atoms with Crippen LogP contribution in [0.15, 0.2) is 12.1 Å². The highest BCUT2D eigenvalue weighted by Crippen LogP contribution is 2.24. The van der Waals surface area contributed by atoms with Crippen LogP contribution in [0.4, 0.5) is 13.2 Å². The van der Waals surface area contributed by atoms with Gasteiger partial charge in [0.1, 0.15) is 0 Å². The molecule has 0 radical (unpaired) electrons. The summed E-state index contributed by atoms with van der Waals surface area (Å²) in [5.41, 5.74) is 5.50. The monoisotopic (exact) mass is 286 g/mol. The quantitative estimate of drug-likeness (QED) is 0.849. The maximum absolute atomic E-state index is 13.6. The van der Waals surface area contributed by atoms with E-state index in [0.717, 1.165) is 37.8 Å². The minimum atomic E-state index is -1.63. The van der Waals surface area contributed by atoms with Gasteiger partial charge in [-0.2, -0.15) is 0 Å². The Bertz CT molecular complexity index is 521. The first kappa shape index (κ1) is 14.8. The van der Waals surface area contributed by atoms with Crippen LogP contribution in [0.25, 0.3) is 0 Å². The second kappa shape index (κ2) is 5.83. The molecule has 0 heterocycles. The average molecular weight is 286 g/mol. The van der Waals surface area contributed by atoms with Crippen molar-refractivity contribution < 1.29 is 18.0 Å². The minimum Gasteiger partial charge on any atom is -0.337 e. The minimum absolute atomic E-state index is 0.175. The summed E-state index contributed by atoms with van der Waals surface area (Å²) < 4.78 is 39.7. The zero-order valence-electron chi connectivity index (χ0n) is 11.2. The van der Waals surface area contributed by atoms with E-state index < -0.39 is 28.9 Å². The molecule has 2 unspecified atom stereocenters. The summed E-state index contributed by atoms with van der Waals surface area (Å²) in [4.78, 5) is 13.5. The number of amides is 1.